The summed E-state index contributed by atoms with van der Waals surface area (Å²) in [5, 5.41) is 8.66. The number of rotatable bonds is 7. The van der Waals surface area contributed by atoms with Gasteiger partial charge in [-0.3, -0.25) is 9.59 Å². The highest BCUT2D eigenvalue weighted by atomic mass is 19.1. The van der Waals surface area contributed by atoms with Gasteiger partial charge in [0.2, 0.25) is 0 Å². The van der Waals surface area contributed by atoms with Gasteiger partial charge >= 0.3 is 5.97 Å². The Kier molecular flexibility index (Phi) is 6.14. The number of hydrogen-bond donors (Lipinski definition) is 1. The van der Waals surface area contributed by atoms with Gasteiger partial charge < -0.3 is 14.7 Å². The summed E-state index contributed by atoms with van der Waals surface area (Å²) in [6.45, 7) is 4.03. The first-order chi connectivity index (χ1) is 9.86. The van der Waals surface area contributed by atoms with Crippen LogP contribution in [0.4, 0.5) is 4.39 Å². The Morgan fingerprint density at radius 2 is 2.05 bits per heavy atom. The van der Waals surface area contributed by atoms with Gasteiger partial charge in [0, 0.05) is 24.6 Å². The summed E-state index contributed by atoms with van der Waals surface area (Å²) in [6, 6.07) is 3.85. The zero-order valence-corrected chi connectivity index (χ0v) is 12.4. The van der Waals surface area contributed by atoms with Gasteiger partial charge in [-0.2, -0.15) is 0 Å². The summed E-state index contributed by atoms with van der Waals surface area (Å²) in [6.07, 6.45) is 0.376. The topological polar surface area (TPSA) is 66.8 Å². The molecule has 1 rings (SSSR count). The lowest BCUT2D eigenvalue weighted by molar-refractivity contribution is -0.137. The van der Waals surface area contributed by atoms with Crippen molar-refractivity contribution in [3.05, 3.63) is 29.6 Å². The maximum atomic E-state index is 13.4. The predicted octanol–water partition coefficient (Wildman–Crippen LogP) is 2.55. The van der Waals surface area contributed by atoms with Crippen molar-refractivity contribution in [3.63, 3.8) is 0 Å². The van der Waals surface area contributed by atoms with Gasteiger partial charge in [-0.1, -0.05) is 0 Å². The van der Waals surface area contributed by atoms with Crippen LogP contribution in [-0.2, 0) is 4.79 Å². The second-order valence-electron chi connectivity index (χ2n) is 4.94. The second-order valence-corrected chi connectivity index (χ2v) is 4.94. The van der Waals surface area contributed by atoms with Crippen molar-refractivity contribution in [2.75, 3.05) is 13.7 Å². The largest absolute Gasteiger partial charge is 0.494 e. The van der Waals surface area contributed by atoms with Crippen LogP contribution in [0.5, 0.6) is 5.75 Å². The molecule has 1 aromatic rings. The standard InChI is InChI=1S/C15H20FNO4/c1-10(2)17(8-4-5-14(18)19)15(20)11-6-7-12(16)13(9-11)21-3/h6-7,9-10H,4-5,8H2,1-3H3,(H,18,19). The minimum Gasteiger partial charge on any atom is -0.494 e. The molecule has 0 aliphatic heterocycles. The first kappa shape index (κ1) is 16.9. The predicted molar refractivity (Wildman–Crippen MR) is 76.0 cm³/mol. The zero-order chi connectivity index (χ0) is 16.0. The number of carbonyl (C=O) groups is 2. The van der Waals surface area contributed by atoms with Gasteiger partial charge in [-0.05, 0) is 38.5 Å². The Balaban J connectivity index is 2.87. The second kappa shape index (κ2) is 7.61. The summed E-state index contributed by atoms with van der Waals surface area (Å²) < 4.78 is 18.2. The van der Waals surface area contributed by atoms with E-state index in [1.807, 2.05) is 13.8 Å². The molecule has 0 bridgehead atoms. The van der Waals surface area contributed by atoms with E-state index in [0.29, 0.717) is 18.5 Å². The monoisotopic (exact) mass is 297 g/mol. The molecule has 1 amide bonds. The molecular weight excluding hydrogens is 277 g/mol. The molecule has 6 heteroatoms. The van der Waals surface area contributed by atoms with Crippen molar-refractivity contribution in [2.45, 2.75) is 32.7 Å². The van der Waals surface area contributed by atoms with E-state index in [1.54, 1.807) is 4.90 Å². The van der Waals surface area contributed by atoms with Crippen LogP contribution in [0.25, 0.3) is 0 Å². The fourth-order valence-corrected chi connectivity index (χ4v) is 1.95. The molecule has 0 saturated heterocycles. The number of carboxylic acid groups (broad SMARTS) is 1. The number of benzene rings is 1. The number of carbonyl (C=O) groups excluding carboxylic acids is 1. The number of aliphatic carboxylic acids is 1. The molecule has 0 spiro atoms. The molecule has 0 unspecified atom stereocenters. The Bertz CT molecular complexity index is 516. The lowest BCUT2D eigenvalue weighted by atomic mass is 10.1. The van der Waals surface area contributed by atoms with E-state index in [4.69, 9.17) is 9.84 Å². The smallest absolute Gasteiger partial charge is 0.303 e. The van der Waals surface area contributed by atoms with Crippen molar-refractivity contribution in [2.24, 2.45) is 0 Å². The molecule has 1 N–H and O–H groups in total. The third-order valence-electron chi connectivity index (χ3n) is 3.07. The highest BCUT2D eigenvalue weighted by Crippen LogP contribution is 2.20. The minimum atomic E-state index is -0.894. The number of nitrogens with zero attached hydrogens (tertiary/aromatic N) is 1. The molecule has 5 nitrogen and oxygen atoms in total. The molecule has 0 fully saturated rings. The Hall–Kier alpha value is -2.11. The lowest BCUT2D eigenvalue weighted by Crippen LogP contribution is -2.38. The Morgan fingerprint density at radius 3 is 2.57 bits per heavy atom. The maximum Gasteiger partial charge on any atom is 0.303 e. The fourth-order valence-electron chi connectivity index (χ4n) is 1.95. The SMILES string of the molecule is COc1cc(C(=O)N(CCCC(=O)O)C(C)C)ccc1F. The van der Waals surface area contributed by atoms with Gasteiger partial charge in [0.25, 0.3) is 5.91 Å². The third kappa shape index (κ3) is 4.73. The van der Waals surface area contributed by atoms with E-state index in [2.05, 4.69) is 0 Å². The van der Waals surface area contributed by atoms with E-state index < -0.39 is 11.8 Å². The number of halogens is 1. The molecule has 0 aromatic heterocycles. The van der Waals surface area contributed by atoms with E-state index >= 15 is 0 Å². The quantitative estimate of drug-likeness (QED) is 0.840. The van der Waals surface area contributed by atoms with Gasteiger partial charge in [0.15, 0.2) is 11.6 Å². The summed E-state index contributed by atoms with van der Waals surface area (Å²) in [7, 11) is 1.33. The van der Waals surface area contributed by atoms with E-state index in [9.17, 15) is 14.0 Å². The van der Waals surface area contributed by atoms with Crippen molar-refractivity contribution >= 4 is 11.9 Å². The van der Waals surface area contributed by atoms with Gasteiger partial charge in [0.1, 0.15) is 0 Å². The number of amides is 1. The van der Waals surface area contributed by atoms with Crippen molar-refractivity contribution in [1.82, 2.24) is 4.90 Å². The number of methoxy groups -OCH3 is 1. The van der Waals surface area contributed by atoms with Crippen LogP contribution in [-0.4, -0.2) is 41.6 Å². The molecule has 21 heavy (non-hydrogen) atoms. The molecule has 0 aliphatic carbocycles. The van der Waals surface area contributed by atoms with Crippen LogP contribution in [0.3, 0.4) is 0 Å². The van der Waals surface area contributed by atoms with Crippen LogP contribution in [0.2, 0.25) is 0 Å². The average Bonchev–Trinajstić information content (AvgIpc) is 2.42. The van der Waals surface area contributed by atoms with Gasteiger partial charge in [-0.15, -0.1) is 0 Å². The molecule has 0 saturated carbocycles. The van der Waals surface area contributed by atoms with Crippen LogP contribution in [0, 0.1) is 5.82 Å². The first-order valence-electron chi connectivity index (χ1n) is 6.73. The van der Waals surface area contributed by atoms with Gasteiger partial charge in [-0.25, -0.2) is 4.39 Å². The zero-order valence-electron chi connectivity index (χ0n) is 12.4. The molecule has 0 aliphatic rings. The minimum absolute atomic E-state index is 0.00321. The van der Waals surface area contributed by atoms with Gasteiger partial charge in [0.05, 0.1) is 7.11 Å². The normalized spacial score (nSPS) is 10.5. The number of hydrogen-bond acceptors (Lipinski definition) is 3. The molecule has 116 valence electrons. The highest BCUT2D eigenvalue weighted by Gasteiger charge is 2.20. The van der Waals surface area contributed by atoms with Crippen LogP contribution in [0.1, 0.15) is 37.0 Å². The Morgan fingerprint density at radius 1 is 1.38 bits per heavy atom. The first-order valence-corrected chi connectivity index (χ1v) is 6.73. The van der Waals surface area contributed by atoms with Crippen LogP contribution >= 0.6 is 0 Å². The van der Waals surface area contributed by atoms with Crippen molar-refractivity contribution < 1.29 is 23.8 Å². The molecule has 1 aromatic carbocycles. The van der Waals surface area contributed by atoms with Crippen LogP contribution < -0.4 is 4.74 Å². The van der Waals surface area contributed by atoms with E-state index in [0.717, 1.165) is 0 Å². The number of ether oxygens (including phenoxy) is 1. The molecular formula is C15H20FNO4. The van der Waals surface area contributed by atoms with Crippen molar-refractivity contribution in [3.8, 4) is 5.75 Å². The Labute approximate surface area is 123 Å². The fraction of sp³-hybridized carbons (Fsp3) is 0.467. The summed E-state index contributed by atoms with van der Waals surface area (Å²) in [5.74, 6) is -1.69. The maximum absolute atomic E-state index is 13.4. The highest BCUT2D eigenvalue weighted by molar-refractivity contribution is 5.94. The van der Waals surface area contributed by atoms with Crippen LogP contribution in [0.15, 0.2) is 18.2 Å². The number of carboxylic acids is 1. The molecule has 0 heterocycles. The van der Waals surface area contributed by atoms with Crippen molar-refractivity contribution in [1.29, 1.82) is 0 Å². The summed E-state index contributed by atoms with van der Waals surface area (Å²) in [4.78, 5) is 24.6. The summed E-state index contributed by atoms with van der Waals surface area (Å²) in [5.41, 5.74) is 0.317. The van der Waals surface area contributed by atoms with E-state index in [-0.39, 0.29) is 24.1 Å². The summed E-state index contributed by atoms with van der Waals surface area (Å²) >= 11 is 0. The lowest BCUT2D eigenvalue weighted by Gasteiger charge is -2.27. The third-order valence-corrected chi connectivity index (χ3v) is 3.07. The molecule has 0 atom stereocenters. The molecule has 0 radical (unpaired) electrons. The van der Waals surface area contributed by atoms with E-state index in [1.165, 1.54) is 25.3 Å². The average molecular weight is 297 g/mol.